The summed E-state index contributed by atoms with van der Waals surface area (Å²) in [5, 5.41) is 3.07. The summed E-state index contributed by atoms with van der Waals surface area (Å²) in [4.78, 5) is 28.2. The Hall–Kier alpha value is -3.19. The van der Waals surface area contributed by atoms with E-state index in [9.17, 15) is 9.59 Å². The Morgan fingerprint density at radius 2 is 1.67 bits per heavy atom. The van der Waals surface area contributed by atoms with Crippen molar-refractivity contribution >= 4 is 29.5 Å². The zero-order valence-corrected chi connectivity index (χ0v) is 20.1. The van der Waals surface area contributed by atoms with Gasteiger partial charge in [0.2, 0.25) is 5.75 Å². The monoisotopic (exact) mass is 472 g/mol. The molecule has 1 heterocycles. The molecule has 0 spiro atoms. The van der Waals surface area contributed by atoms with Crippen LogP contribution in [-0.4, -0.2) is 51.1 Å². The van der Waals surface area contributed by atoms with Crippen molar-refractivity contribution in [3.05, 3.63) is 58.2 Å². The summed E-state index contributed by atoms with van der Waals surface area (Å²) in [6.45, 7) is 3.43. The van der Waals surface area contributed by atoms with Gasteiger partial charge in [0.15, 0.2) is 11.5 Å². The molecule has 1 fully saturated rings. The standard InChI is InChI=1S/C25H29ClN2O5/c1-16-11-13-28(14-12-16)25(30)20(27-24(29)18-7-5-6-8-19(18)26)15-17-9-10-21(31-2)23(33-4)22(17)32-3/h5-10,15-16H,11-14H2,1-4H3,(H,27,29). The lowest BCUT2D eigenvalue weighted by Gasteiger charge is -2.31. The number of halogens is 1. The average molecular weight is 473 g/mol. The molecule has 0 aromatic heterocycles. The molecule has 7 nitrogen and oxygen atoms in total. The van der Waals surface area contributed by atoms with Gasteiger partial charge in [-0.25, -0.2) is 0 Å². The van der Waals surface area contributed by atoms with E-state index in [4.69, 9.17) is 25.8 Å². The lowest BCUT2D eigenvalue weighted by atomic mass is 9.99. The molecular formula is C25H29ClN2O5. The fourth-order valence-electron chi connectivity index (χ4n) is 3.76. The van der Waals surface area contributed by atoms with Crippen molar-refractivity contribution in [2.24, 2.45) is 5.92 Å². The molecule has 33 heavy (non-hydrogen) atoms. The fourth-order valence-corrected chi connectivity index (χ4v) is 3.98. The summed E-state index contributed by atoms with van der Waals surface area (Å²) in [6, 6.07) is 10.2. The first-order valence-electron chi connectivity index (χ1n) is 10.7. The van der Waals surface area contributed by atoms with Crippen molar-refractivity contribution in [1.29, 1.82) is 0 Å². The fraction of sp³-hybridized carbons (Fsp3) is 0.360. The highest BCUT2D eigenvalue weighted by Crippen LogP contribution is 2.40. The zero-order chi connectivity index (χ0) is 24.0. The van der Waals surface area contributed by atoms with Crippen molar-refractivity contribution in [1.82, 2.24) is 10.2 Å². The Morgan fingerprint density at radius 1 is 1.00 bits per heavy atom. The first-order chi connectivity index (χ1) is 15.9. The van der Waals surface area contributed by atoms with Crippen LogP contribution in [0.1, 0.15) is 35.7 Å². The summed E-state index contributed by atoms with van der Waals surface area (Å²) >= 11 is 6.20. The molecule has 0 atom stereocenters. The predicted octanol–water partition coefficient (Wildman–Crippen LogP) is 4.40. The number of amides is 2. The number of nitrogens with one attached hydrogen (secondary N) is 1. The number of carbonyl (C=O) groups excluding carboxylic acids is 2. The van der Waals surface area contributed by atoms with Gasteiger partial charge in [-0.05, 0) is 49.1 Å². The van der Waals surface area contributed by atoms with E-state index in [1.807, 2.05) is 0 Å². The van der Waals surface area contributed by atoms with Gasteiger partial charge in [-0.15, -0.1) is 0 Å². The number of benzene rings is 2. The lowest BCUT2D eigenvalue weighted by molar-refractivity contribution is -0.128. The Kier molecular flexibility index (Phi) is 8.22. The molecule has 8 heteroatoms. The van der Waals surface area contributed by atoms with E-state index < -0.39 is 5.91 Å². The van der Waals surface area contributed by atoms with Crippen LogP contribution in [0.25, 0.3) is 6.08 Å². The van der Waals surface area contributed by atoms with Gasteiger partial charge in [0.1, 0.15) is 5.70 Å². The van der Waals surface area contributed by atoms with Crippen LogP contribution >= 0.6 is 11.6 Å². The number of piperidine rings is 1. The van der Waals surface area contributed by atoms with Crippen molar-refractivity contribution in [3.63, 3.8) is 0 Å². The van der Waals surface area contributed by atoms with Gasteiger partial charge in [-0.2, -0.15) is 0 Å². The predicted molar refractivity (Wildman–Crippen MR) is 128 cm³/mol. The number of nitrogens with zero attached hydrogens (tertiary/aromatic N) is 1. The lowest BCUT2D eigenvalue weighted by Crippen LogP contribution is -2.42. The first kappa shape index (κ1) is 24.5. The maximum atomic E-state index is 13.5. The molecule has 0 radical (unpaired) electrons. The number of methoxy groups -OCH3 is 3. The number of hydrogen-bond acceptors (Lipinski definition) is 5. The van der Waals surface area contributed by atoms with Gasteiger partial charge in [0, 0.05) is 18.7 Å². The van der Waals surface area contributed by atoms with Gasteiger partial charge >= 0.3 is 0 Å². The Morgan fingerprint density at radius 3 is 2.27 bits per heavy atom. The maximum absolute atomic E-state index is 13.5. The Balaban J connectivity index is 2.03. The topological polar surface area (TPSA) is 77.1 Å². The second kappa shape index (κ2) is 11.1. The van der Waals surface area contributed by atoms with E-state index in [1.54, 1.807) is 47.4 Å². The Bertz CT molecular complexity index is 1050. The quantitative estimate of drug-likeness (QED) is 0.604. The number of hydrogen-bond donors (Lipinski definition) is 1. The van der Waals surface area contributed by atoms with E-state index in [2.05, 4.69) is 12.2 Å². The number of carbonyl (C=O) groups is 2. The molecule has 0 bridgehead atoms. The van der Waals surface area contributed by atoms with E-state index in [0.717, 1.165) is 12.8 Å². The zero-order valence-electron chi connectivity index (χ0n) is 19.3. The van der Waals surface area contributed by atoms with Gasteiger partial charge in [-0.1, -0.05) is 30.7 Å². The molecule has 1 aliphatic rings. The highest BCUT2D eigenvalue weighted by atomic mass is 35.5. The van der Waals surface area contributed by atoms with Crippen LogP contribution in [0.3, 0.4) is 0 Å². The van der Waals surface area contributed by atoms with Crippen molar-refractivity contribution in [2.45, 2.75) is 19.8 Å². The summed E-state index contributed by atoms with van der Waals surface area (Å²) < 4.78 is 16.3. The number of likely N-dealkylation sites (tertiary alicyclic amines) is 1. The van der Waals surface area contributed by atoms with E-state index in [-0.39, 0.29) is 17.2 Å². The van der Waals surface area contributed by atoms with Crippen LogP contribution < -0.4 is 19.5 Å². The van der Waals surface area contributed by atoms with Crippen molar-refractivity contribution in [2.75, 3.05) is 34.4 Å². The molecule has 3 rings (SSSR count). The summed E-state index contributed by atoms with van der Waals surface area (Å²) in [5.41, 5.74) is 0.965. The molecule has 0 aliphatic carbocycles. The largest absolute Gasteiger partial charge is 0.493 e. The van der Waals surface area contributed by atoms with Crippen molar-refractivity contribution in [3.8, 4) is 17.2 Å². The average Bonchev–Trinajstić information content (AvgIpc) is 2.83. The molecule has 0 unspecified atom stereocenters. The van der Waals surface area contributed by atoms with Crippen LogP contribution in [0.5, 0.6) is 17.2 Å². The second-order valence-electron chi connectivity index (χ2n) is 7.89. The molecule has 2 amide bonds. The number of rotatable bonds is 7. The van der Waals surface area contributed by atoms with Gasteiger partial charge in [0.05, 0.1) is 31.9 Å². The van der Waals surface area contributed by atoms with Crippen molar-refractivity contribution < 1.29 is 23.8 Å². The third-order valence-electron chi connectivity index (χ3n) is 5.70. The van der Waals surface area contributed by atoms with Crippen LogP contribution in [0.2, 0.25) is 5.02 Å². The number of ether oxygens (including phenoxy) is 3. The molecule has 2 aromatic rings. The van der Waals surface area contributed by atoms with Crippen LogP contribution in [0.15, 0.2) is 42.1 Å². The first-order valence-corrected chi connectivity index (χ1v) is 11.1. The molecule has 176 valence electrons. The third-order valence-corrected chi connectivity index (χ3v) is 6.03. The minimum atomic E-state index is -0.468. The minimum absolute atomic E-state index is 0.125. The summed E-state index contributed by atoms with van der Waals surface area (Å²) in [5.74, 6) is 1.10. The van der Waals surface area contributed by atoms with Crippen LogP contribution in [-0.2, 0) is 4.79 Å². The van der Waals surface area contributed by atoms with Gasteiger partial charge in [0.25, 0.3) is 11.8 Å². The molecule has 1 aliphatic heterocycles. The molecule has 2 aromatic carbocycles. The highest BCUT2D eigenvalue weighted by molar-refractivity contribution is 6.34. The van der Waals surface area contributed by atoms with E-state index >= 15 is 0 Å². The highest BCUT2D eigenvalue weighted by Gasteiger charge is 2.26. The molecule has 1 N–H and O–H groups in total. The molecule has 1 saturated heterocycles. The summed E-state index contributed by atoms with van der Waals surface area (Å²) in [7, 11) is 4.54. The molecule has 0 saturated carbocycles. The Labute approximate surface area is 199 Å². The minimum Gasteiger partial charge on any atom is -0.493 e. The van der Waals surface area contributed by atoms with Gasteiger partial charge in [-0.3, -0.25) is 9.59 Å². The van der Waals surface area contributed by atoms with Crippen LogP contribution in [0, 0.1) is 5.92 Å². The normalized spacial score (nSPS) is 14.6. The third kappa shape index (κ3) is 5.60. The van der Waals surface area contributed by atoms with Gasteiger partial charge < -0.3 is 24.4 Å². The summed E-state index contributed by atoms with van der Waals surface area (Å²) in [6.07, 6.45) is 3.42. The maximum Gasteiger partial charge on any atom is 0.270 e. The SMILES string of the molecule is COc1ccc(C=C(NC(=O)c2ccccc2Cl)C(=O)N2CCC(C)CC2)c(OC)c1OC. The smallest absolute Gasteiger partial charge is 0.270 e. The van der Waals surface area contributed by atoms with Crippen LogP contribution in [0.4, 0.5) is 0 Å². The van der Waals surface area contributed by atoms with E-state index in [1.165, 1.54) is 21.3 Å². The van der Waals surface area contributed by atoms with E-state index in [0.29, 0.717) is 46.8 Å². The molecular weight excluding hydrogens is 444 g/mol. The second-order valence-corrected chi connectivity index (χ2v) is 8.30.